The average Bonchev–Trinajstić information content (AvgIpc) is 2.83. The molecule has 0 aromatic carbocycles. The number of rotatable bonds is 0. The maximum absolute atomic E-state index is 8.33. The first-order chi connectivity index (χ1) is 6.73. The Morgan fingerprint density at radius 1 is 0.786 bits per heavy atom. The van der Waals surface area contributed by atoms with Crippen LogP contribution in [0.25, 0.3) is 0 Å². The summed E-state index contributed by atoms with van der Waals surface area (Å²) in [5.74, 6) is 0. The number of carboxylic acid groups (broad SMARTS) is 2. The Hall–Kier alpha value is -0.810. The largest absolute Gasteiger partial charge is 0.652 e. The molecule has 5 heteroatoms. The SMILES string of the molecule is C1CC[NH2+]C1.C1CC[NH2+]C1.O=C([O-])[O-]. The molecule has 4 N–H and O–H groups in total. The van der Waals surface area contributed by atoms with Crippen LogP contribution in [-0.2, 0) is 0 Å². The van der Waals surface area contributed by atoms with Gasteiger partial charge in [-0.05, 0) is 6.16 Å². The Labute approximate surface area is 84.5 Å². The summed E-state index contributed by atoms with van der Waals surface area (Å²) in [7, 11) is 0. The van der Waals surface area contributed by atoms with Crippen LogP contribution in [0.3, 0.4) is 0 Å². The Kier molecular flexibility index (Phi) is 9.68. The van der Waals surface area contributed by atoms with Gasteiger partial charge in [0.25, 0.3) is 0 Å². The molecule has 0 spiro atoms. The van der Waals surface area contributed by atoms with E-state index in [-0.39, 0.29) is 0 Å². The van der Waals surface area contributed by atoms with Gasteiger partial charge in [0.15, 0.2) is 0 Å². The van der Waals surface area contributed by atoms with Crippen LogP contribution in [-0.4, -0.2) is 32.3 Å². The predicted octanol–water partition coefficient (Wildman–Crippen LogP) is -3.76. The first kappa shape index (κ1) is 13.2. The molecule has 0 aliphatic carbocycles. The highest BCUT2D eigenvalue weighted by atomic mass is 16.6. The summed E-state index contributed by atoms with van der Waals surface area (Å²) in [6.07, 6.45) is 3.44. The normalized spacial score (nSPS) is 18.9. The van der Waals surface area contributed by atoms with Crippen LogP contribution in [0.5, 0.6) is 0 Å². The van der Waals surface area contributed by atoms with Crippen molar-refractivity contribution in [1.82, 2.24) is 0 Å². The van der Waals surface area contributed by atoms with Crippen molar-refractivity contribution in [1.29, 1.82) is 0 Å². The van der Waals surface area contributed by atoms with Crippen LogP contribution < -0.4 is 20.8 Å². The zero-order chi connectivity index (χ0) is 10.6. The zero-order valence-corrected chi connectivity index (χ0v) is 8.54. The van der Waals surface area contributed by atoms with Crippen molar-refractivity contribution in [3.05, 3.63) is 0 Å². The first-order valence-corrected chi connectivity index (χ1v) is 5.25. The maximum atomic E-state index is 8.33. The number of carbonyl (C=O) groups is 1. The lowest BCUT2D eigenvalue weighted by atomic mass is 10.4. The van der Waals surface area contributed by atoms with Gasteiger partial charge in [0.1, 0.15) is 0 Å². The van der Waals surface area contributed by atoms with Crippen LogP contribution in [0.4, 0.5) is 4.79 Å². The number of carbonyl (C=O) groups excluding carboxylic acids is 1. The third kappa shape index (κ3) is 13.8. The van der Waals surface area contributed by atoms with Gasteiger partial charge in [0.2, 0.25) is 0 Å². The lowest BCUT2D eigenvalue weighted by Crippen LogP contribution is -2.80. The minimum atomic E-state index is -2.33. The second kappa shape index (κ2) is 10.3. The fourth-order valence-corrected chi connectivity index (χ4v) is 1.44. The van der Waals surface area contributed by atoms with Gasteiger partial charge in [-0.2, -0.15) is 0 Å². The van der Waals surface area contributed by atoms with Crippen LogP contribution >= 0.6 is 0 Å². The molecule has 0 saturated carbocycles. The third-order valence-corrected chi connectivity index (χ3v) is 2.13. The van der Waals surface area contributed by atoms with E-state index < -0.39 is 6.16 Å². The molecular formula is C9H20N2O3. The van der Waals surface area contributed by atoms with Gasteiger partial charge < -0.3 is 25.6 Å². The van der Waals surface area contributed by atoms with Gasteiger partial charge in [-0.15, -0.1) is 0 Å². The molecular weight excluding hydrogens is 184 g/mol. The van der Waals surface area contributed by atoms with Gasteiger partial charge >= 0.3 is 0 Å². The molecule has 2 saturated heterocycles. The summed E-state index contributed by atoms with van der Waals surface area (Å²) in [5, 5.41) is 21.4. The molecule has 0 aromatic heterocycles. The summed E-state index contributed by atoms with van der Waals surface area (Å²) in [6.45, 7) is 5.50. The topological polar surface area (TPSA) is 96.4 Å². The van der Waals surface area contributed by atoms with Crippen molar-refractivity contribution >= 4 is 6.16 Å². The molecule has 2 fully saturated rings. The van der Waals surface area contributed by atoms with Gasteiger partial charge in [-0.1, -0.05) is 0 Å². The second-order valence-electron chi connectivity index (χ2n) is 3.40. The Morgan fingerprint density at radius 2 is 1.00 bits per heavy atom. The monoisotopic (exact) mass is 204 g/mol. The van der Waals surface area contributed by atoms with E-state index in [1.165, 1.54) is 51.9 Å². The third-order valence-electron chi connectivity index (χ3n) is 2.13. The number of nitrogens with two attached hydrogens (primary N) is 2. The molecule has 84 valence electrons. The van der Waals surface area contributed by atoms with Crippen molar-refractivity contribution in [2.45, 2.75) is 25.7 Å². The summed E-state index contributed by atoms with van der Waals surface area (Å²) in [4.78, 5) is 8.33. The van der Waals surface area contributed by atoms with Crippen LogP contribution in [0.1, 0.15) is 25.7 Å². The van der Waals surface area contributed by atoms with E-state index >= 15 is 0 Å². The standard InChI is InChI=1S/2C4H9N.CH2O3/c2*1-2-4-5-3-1;2-1(3)4/h2*5H,1-4H2;(H2,2,3,4). The Bertz CT molecular complexity index is 105. The lowest BCUT2D eigenvalue weighted by molar-refractivity contribution is -0.635. The zero-order valence-electron chi connectivity index (χ0n) is 8.54. The van der Waals surface area contributed by atoms with E-state index in [9.17, 15) is 0 Å². The molecule has 2 heterocycles. The number of quaternary nitrogens is 2. The molecule has 5 nitrogen and oxygen atoms in total. The molecule has 0 aromatic rings. The molecule has 0 bridgehead atoms. The summed E-state index contributed by atoms with van der Waals surface area (Å²) >= 11 is 0. The first-order valence-electron chi connectivity index (χ1n) is 5.25. The molecule has 2 aliphatic rings. The molecule has 2 aliphatic heterocycles. The van der Waals surface area contributed by atoms with E-state index in [0.717, 1.165) is 0 Å². The van der Waals surface area contributed by atoms with Crippen molar-refractivity contribution in [2.75, 3.05) is 26.2 Å². The highest BCUT2D eigenvalue weighted by Gasteiger charge is 1.98. The lowest BCUT2D eigenvalue weighted by Gasteiger charge is -1.96. The van der Waals surface area contributed by atoms with Gasteiger partial charge in [-0.3, -0.25) is 0 Å². The van der Waals surface area contributed by atoms with Crippen LogP contribution in [0, 0.1) is 0 Å². The minimum Gasteiger partial charge on any atom is -0.652 e. The minimum absolute atomic E-state index is 1.38. The summed E-state index contributed by atoms with van der Waals surface area (Å²) in [6, 6.07) is 0. The predicted molar refractivity (Wildman–Crippen MR) is 47.2 cm³/mol. The maximum Gasteiger partial charge on any atom is 0.0757 e. The van der Waals surface area contributed by atoms with Crippen LogP contribution in [0.2, 0.25) is 0 Å². The molecule has 0 atom stereocenters. The molecule has 0 unspecified atom stereocenters. The van der Waals surface area contributed by atoms with Gasteiger partial charge in [-0.25, -0.2) is 0 Å². The van der Waals surface area contributed by atoms with Crippen molar-refractivity contribution in [2.24, 2.45) is 0 Å². The summed E-state index contributed by atoms with van der Waals surface area (Å²) < 4.78 is 0. The molecule has 14 heavy (non-hydrogen) atoms. The fourth-order valence-electron chi connectivity index (χ4n) is 1.44. The highest BCUT2D eigenvalue weighted by molar-refractivity contribution is 5.47. The summed E-state index contributed by atoms with van der Waals surface area (Å²) in [5.41, 5.74) is 0. The Balaban J connectivity index is 0.000000183. The second-order valence-corrected chi connectivity index (χ2v) is 3.40. The smallest absolute Gasteiger partial charge is 0.0757 e. The average molecular weight is 204 g/mol. The van der Waals surface area contributed by atoms with Crippen LogP contribution in [0.15, 0.2) is 0 Å². The van der Waals surface area contributed by atoms with E-state index in [2.05, 4.69) is 10.6 Å². The van der Waals surface area contributed by atoms with Gasteiger partial charge in [0, 0.05) is 25.7 Å². The fraction of sp³-hybridized carbons (Fsp3) is 0.889. The van der Waals surface area contributed by atoms with Crippen molar-refractivity contribution in [3.8, 4) is 0 Å². The van der Waals surface area contributed by atoms with E-state index in [4.69, 9.17) is 15.0 Å². The van der Waals surface area contributed by atoms with Crippen molar-refractivity contribution in [3.63, 3.8) is 0 Å². The quantitative estimate of drug-likeness (QED) is 0.424. The Morgan fingerprint density at radius 3 is 1.07 bits per heavy atom. The number of hydrogen-bond acceptors (Lipinski definition) is 3. The molecule has 0 amide bonds. The highest BCUT2D eigenvalue weighted by Crippen LogP contribution is 1.82. The van der Waals surface area contributed by atoms with E-state index in [0.29, 0.717) is 0 Å². The number of hydrogen-bond donors (Lipinski definition) is 2. The van der Waals surface area contributed by atoms with E-state index in [1.807, 2.05) is 0 Å². The van der Waals surface area contributed by atoms with Gasteiger partial charge in [0.05, 0.1) is 26.2 Å². The molecule has 2 rings (SSSR count). The molecule has 0 radical (unpaired) electrons. The van der Waals surface area contributed by atoms with Crippen molar-refractivity contribution < 1.29 is 25.6 Å². The van der Waals surface area contributed by atoms with E-state index in [1.54, 1.807) is 0 Å².